The number of furan rings is 1. The van der Waals surface area contributed by atoms with Crippen molar-refractivity contribution in [3.05, 3.63) is 60.1 Å². The van der Waals surface area contributed by atoms with Crippen LogP contribution in [0.3, 0.4) is 0 Å². The van der Waals surface area contributed by atoms with Gasteiger partial charge in [-0.3, -0.25) is 9.59 Å². The predicted molar refractivity (Wildman–Crippen MR) is 116 cm³/mol. The van der Waals surface area contributed by atoms with Crippen LogP contribution in [0, 0.1) is 0 Å². The number of Topliss-reactive ketones (excluding diaryl/α,β-unsaturated/α-hetero) is 1. The van der Waals surface area contributed by atoms with Crippen molar-refractivity contribution in [1.29, 1.82) is 0 Å². The summed E-state index contributed by atoms with van der Waals surface area (Å²) >= 11 is 1.45. The Morgan fingerprint density at radius 2 is 1.93 bits per heavy atom. The zero-order valence-corrected chi connectivity index (χ0v) is 17.9. The number of hydrogen-bond acceptors (Lipinski definition) is 6. The molecular weight excluding hydrogens is 404 g/mol. The monoisotopic (exact) mass is 432 g/mol. The number of amides is 2. The van der Waals surface area contributed by atoms with Crippen molar-refractivity contribution >= 4 is 29.5 Å². The number of unbranched alkanes of at least 4 members (excludes halogenated alkanes) is 1. The molecule has 2 amide bonds. The van der Waals surface area contributed by atoms with Gasteiger partial charge in [-0.15, -0.1) is 11.8 Å². The van der Waals surface area contributed by atoms with Gasteiger partial charge >= 0.3 is 6.09 Å². The van der Waals surface area contributed by atoms with Gasteiger partial charge in [0.05, 0.1) is 23.8 Å². The Kier molecular flexibility index (Phi) is 10.6. The molecule has 1 aromatic carbocycles. The predicted octanol–water partition coefficient (Wildman–Crippen LogP) is 3.68. The summed E-state index contributed by atoms with van der Waals surface area (Å²) in [5.41, 5.74) is 0.856. The first-order chi connectivity index (χ1) is 14.6. The number of benzene rings is 1. The van der Waals surface area contributed by atoms with E-state index in [1.165, 1.54) is 11.8 Å². The first-order valence-electron chi connectivity index (χ1n) is 9.95. The molecule has 2 rings (SSSR count). The van der Waals surface area contributed by atoms with E-state index in [-0.39, 0.29) is 24.7 Å². The van der Waals surface area contributed by atoms with Crippen LogP contribution in [0.15, 0.2) is 53.1 Å². The number of nitrogens with one attached hydrogen (secondary N) is 2. The van der Waals surface area contributed by atoms with Crippen LogP contribution in [0.1, 0.15) is 37.5 Å². The first-order valence-corrected chi connectivity index (χ1v) is 11.1. The van der Waals surface area contributed by atoms with Crippen LogP contribution in [-0.4, -0.2) is 36.1 Å². The van der Waals surface area contributed by atoms with Crippen LogP contribution < -0.4 is 10.6 Å². The molecule has 0 radical (unpaired) electrons. The summed E-state index contributed by atoms with van der Waals surface area (Å²) in [6.45, 7) is 1.90. The summed E-state index contributed by atoms with van der Waals surface area (Å²) in [6, 6.07) is 12.4. The lowest BCUT2D eigenvalue weighted by Crippen LogP contribution is -2.46. The standard InChI is InChI=1S/C22H28N2O5S/c1-2-3-11-19(20(25)16-30-15-18-10-7-12-28-18)24-21(26)13-23-22(27)29-14-17-8-5-4-6-9-17/h4-10,12,19H,2-3,11,13-16H2,1H3,(H,23,27)(H,24,26). The Labute approximate surface area is 180 Å². The number of carbonyl (C=O) groups is 3. The fraction of sp³-hybridized carbons (Fsp3) is 0.409. The number of hydrogen-bond donors (Lipinski definition) is 2. The third-order valence-corrected chi connectivity index (χ3v) is 5.22. The van der Waals surface area contributed by atoms with Gasteiger partial charge in [-0.2, -0.15) is 0 Å². The van der Waals surface area contributed by atoms with Gasteiger partial charge in [0, 0.05) is 0 Å². The minimum atomic E-state index is -0.681. The molecule has 0 saturated heterocycles. The third-order valence-electron chi connectivity index (χ3n) is 4.25. The molecule has 2 aromatic rings. The second-order valence-electron chi connectivity index (χ2n) is 6.72. The molecule has 1 heterocycles. The van der Waals surface area contributed by atoms with Crippen molar-refractivity contribution in [1.82, 2.24) is 10.6 Å². The second-order valence-corrected chi connectivity index (χ2v) is 7.70. The lowest BCUT2D eigenvalue weighted by molar-refractivity contribution is -0.126. The van der Waals surface area contributed by atoms with E-state index in [1.807, 2.05) is 43.3 Å². The summed E-state index contributed by atoms with van der Waals surface area (Å²) in [7, 11) is 0. The second kappa shape index (κ2) is 13.5. The highest BCUT2D eigenvalue weighted by molar-refractivity contribution is 7.99. The van der Waals surface area contributed by atoms with E-state index in [0.29, 0.717) is 12.2 Å². The number of rotatable bonds is 13. The number of carbonyl (C=O) groups excluding carboxylic acids is 3. The normalized spacial score (nSPS) is 11.5. The molecule has 0 aliphatic rings. The van der Waals surface area contributed by atoms with Crippen molar-refractivity contribution in [3.8, 4) is 0 Å². The lowest BCUT2D eigenvalue weighted by atomic mass is 10.1. The molecule has 7 nitrogen and oxygen atoms in total. The Bertz CT molecular complexity index is 780. The van der Waals surface area contributed by atoms with Crippen LogP contribution in [0.2, 0.25) is 0 Å². The Morgan fingerprint density at radius 3 is 2.63 bits per heavy atom. The van der Waals surface area contributed by atoms with Crippen LogP contribution in [0.5, 0.6) is 0 Å². The molecule has 1 atom stereocenters. The quantitative estimate of drug-likeness (QED) is 0.501. The van der Waals surface area contributed by atoms with Gasteiger partial charge in [0.1, 0.15) is 18.9 Å². The zero-order valence-electron chi connectivity index (χ0n) is 17.1. The van der Waals surface area contributed by atoms with Gasteiger partial charge in [0.15, 0.2) is 5.78 Å². The van der Waals surface area contributed by atoms with Gasteiger partial charge in [0.25, 0.3) is 0 Å². The van der Waals surface area contributed by atoms with Crippen molar-refractivity contribution in [3.63, 3.8) is 0 Å². The maximum absolute atomic E-state index is 12.5. The molecule has 30 heavy (non-hydrogen) atoms. The van der Waals surface area contributed by atoms with Crippen LogP contribution in [0.4, 0.5) is 4.79 Å². The average Bonchev–Trinajstić information content (AvgIpc) is 3.28. The van der Waals surface area contributed by atoms with E-state index in [9.17, 15) is 14.4 Å². The van der Waals surface area contributed by atoms with E-state index in [0.717, 1.165) is 24.2 Å². The van der Waals surface area contributed by atoms with Crippen molar-refractivity contribution in [2.75, 3.05) is 12.3 Å². The van der Waals surface area contributed by atoms with E-state index in [2.05, 4.69) is 10.6 Å². The zero-order chi connectivity index (χ0) is 21.6. The SMILES string of the molecule is CCCCC(NC(=O)CNC(=O)OCc1ccccc1)C(=O)CSCc1ccco1. The van der Waals surface area contributed by atoms with E-state index < -0.39 is 18.0 Å². The topological polar surface area (TPSA) is 97.6 Å². The summed E-state index contributed by atoms with van der Waals surface area (Å²) in [6.07, 6.45) is 3.23. The number of alkyl carbamates (subject to hydrolysis) is 1. The highest BCUT2D eigenvalue weighted by atomic mass is 32.2. The van der Waals surface area contributed by atoms with Gasteiger partial charge < -0.3 is 19.8 Å². The van der Waals surface area contributed by atoms with E-state index in [1.54, 1.807) is 12.3 Å². The first kappa shape index (κ1) is 23.5. The largest absolute Gasteiger partial charge is 0.468 e. The number of ketones is 1. The van der Waals surface area contributed by atoms with E-state index in [4.69, 9.17) is 9.15 Å². The minimum Gasteiger partial charge on any atom is -0.468 e. The molecule has 0 aliphatic carbocycles. The highest BCUT2D eigenvalue weighted by Crippen LogP contribution is 2.14. The van der Waals surface area contributed by atoms with Gasteiger partial charge in [-0.05, 0) is 24.1 Å². The van der Waals surface area contributed by atoms with Crippen LogP contribution in [-0.2, 0) is 26.7 Å². The van der Waals surface area contributed by atoms with Crippen molar-refractivity contribution in [2.45, 2.75) is 44.6 Å². The summed E-state index contributed by atoms with van der Waals surface area (Å²) < 4.78 is 10.3. The lowest BCUT2D eigenvalue weighted by Gasteiger charge is -2.17. The Morgan fingerprint density at radius 1 is 1.13 bits per heavy atom. The Balaban J connectivity index is 1.71. The van der Waals surface area contributed by atoms with Crippen LogP contribution in [0.25, 0.3) is 0 Å². The minimum absolute atomic E-state index is 0.0417. The summed E-state index contributed by atoms with van der Waals surface area (Å²) in [5.74, 6) is 1.22. The number of ether oxygens (including phenoxy) is 1. The molecule has 0 saturated carbocycles. The maximum Gasteiger partial charge on any atom is 0.407 e. The molecule has 2 N–H and O–H groups in total. The average molecular weight is 433 g/mol. The molecular formula is C22H28N2O5S. The van der Waals surface area contributed by atoms with E-state index >= 15 is 0 Å². The maximum atomic E-state index is 12.5. The molecule has 0 bridgehead atoms. The van der Waals surface area contributed by atoms with Crippen molar-refractivity contribution < 1.29 is 23.5 Å². The molecule has 1 unspecified atom stereocenters. The molecule has 8 heteroatoms. The highest BCUT2D eigenvalue weighted by Gasteiger charge is 2.20. The molecule has 0 spiro atoms. The Hall–Kier alpha value is -2.74. The summed E-state index contributed by atoms with van der Waals surface area (Å²) in [4.78, 5) is 36.5. The van der Waals surface area contributed by atoms with Gasteiger partial charge in [0.2, 0.25) is 5.91 Å². The van der Waals surface area contributed by atoms with Gasteiger partial charge in [-0.1, -0.05) is 50.1 Å². The fourth-order valence-electron chi connectivity index (χ4n) is 2.64. The van der Waals surface area contributed by atoms with Gasteiger partial charge in [-0.25, -0.2) is 4.79 Å². The van der Waals surface area contributed by atoms with Crippen LogP contribution >= 0.6 is 11.8 Å². The summed E-state index contributed by atoms with van der Waals surface area (Å²) in [5, 5.41) is 5.14. The fourth-order valence-corrected chi connectivity index (χ4v) is 3.51. The smallest absolute Gasteiger partial charge is 0.407 e. The van der Waals surface area contributed by atoms with Crippen molar-refractivity contribution in [2.24, 2.45) is 0 Å². The molecule has 0 fully saturated rings. The molecule has 1 aromatic heterocycles. The number of thioether (sulfide) groups is 1. The molecule has 0 aliphatic heterocycles. The molecule has 162 valence electrons. The third kappa shape index (κ3) is 9.17.